The summed E-state index contributed by atoms with van der Waals surface area (Å²) in [4.78, 5) is 27.6. The minimum absolute atomic E-state index is 0. The fourth-order valence-corrected chi connectivity index (χ4v) is 3.59. The Bertz CT molecular complexity index is 628. The Hall–Kier alpha value is -1.86. The van der Waals surface area contributed by atoms with Crippen molar-refractivity contribution in [2.24, 2.45) is 0 Å². The largest absolute Gasteiger partial charge is 0.366 e. The summed E-state index contributed by atoms with van der Waals surface area (Å²) in [6.07, 6.45) is 3.93. The van der Waals surface area contributed by atoms with Crippen LogP contribution < -0.4 is 10.2 Å². The number of nitrogens with zero attached hydrogens (tertiary/aromatic N) is 3. The van der Waals surface area contributed by atoms with Crippen molar-refractivity contribution in [3.63, 3.8) is 0 Å². The molecule has 7 nitrogen and oxygen atoms in total. The predicted octanol–water partition coefficient (Wildman–Crippen LogP) is 2.44. The third kappa shape index (κ3) is 4.22. The fourth-order valence-electron chi connectivity index (χ4n) is 3.59. The van der Waals surface area contributed by atoms with Crippen LogP contribution in [0.25, 0.3) is 0 Å². The van der Waals surface area contributed by atoms with Crippen molar-refractivity contribution < 1.29 is 9.72 Å². The molecule has 0 unspecified atom stereocenters. The highest BCUT2D eigenvalue weighted by Crippen LogP contribution is 2.32. The van der Waals surface area contributed by atoms with E-state index in [0.717, 1.165) is 51.9 Å². The first-order valence-corrected chi connectivity index (χ1v) is 8.59. The molecule has 2 heterocycles. The van der Waals surface area contributed by atoms with E-state index in [1.54, 1.807) is 24.1 Å². The molecule has 0 spiro atoms. The second kappa shape index (κ2) is 8.49. The van der Waals surface area contributed by atoms with E-state index in [1.165, 1.54) is 6.07 Å². The van der Waals surface area contributed by atoms with Gasteiger partial charge >= 0.3 is 0 Å². The lowest BCUT2D eigenvalue weighted by molar-refractivity contribution is -0.384. The van der Waals surface area contributed by atoms with Crippen molar-refractivity contribution in [1.29, 1.82) is 0 Å². The Morgan fingerprint density at radius 1 is 1.28 bits per heavy atom. The van der Waals surface area contributed by atoms with Gasteiger partial charge in [0.25, 0.3) is 11.6 Å². The van der Waals surface area contributed by atoms with E-state index in [1.807, 2.05) is 4.90 Å². The summed E-state index contributed by atoms with van der Waals surface area (Å²) in [5.41, 5.74) is 1.05. The number of halogens is 1. The van der Waals surface area contributed by atoms with E-state index < -0.39 is 0 Å². The number of nitro groups is 1. The van der Waals surface area contributed by atoms with E-state index in [0.29, 0.717) is 11.3 Å². The van der Waals surface area contributed by atoms with Crippen LogP contribution >= 0.6 is 12.4 Å². The number of carbonyl (C=O) groups excluding carboxylic acids is 1. The van der Waals surface area contributed by atoms with Gasteiger partial charge in [-0.3, -0.25) is 14.9 Å². The molecule has 3 rings (SSSR count). The smallest absolute Gasteiger partial charge is 0.293 e. The molecule has 2 aliphatic heterocycles. The summed E-state index contributed by atoms with van der Waals surface area (Å²) in [7, 11) is 1.79. The monoisotopic (exact) mass is 368 g/mol. The Labute approximate surface area is 153 Å². The first kappa shape index (κ1) is 19.5. The second-order valence-electron chi connectivity index (χ2n) is 6.55. The van der Waals surface area contributed by atoms with E-state index >= 15 is 0 Å². The number of benzene rings is 1. The molecule has 25 heavy (non-hydrogen) atoms. The molecule has 2 aliphatic rings. The minimum atomic E-state index is -0.380. The zero-order chi connectivity index (χ0) is 17.1. The normalized spacial score (nSPS) is 17.9. The van der Waals surface area contributed by atoms with Crippen molar-refractivity contribution in [2.45, 2.75) is 31.7 Å². The van der Waals surface area contributed by atoms with Crippen LogP contribution in [-0.2, 0) is 0 Å². The Balaban J connectivity index is 0.00000225. The SMILES string of the molecule is CN(C(=O)c1ccc(N2CCCC2)c([N+](=O)[O-])c1)C1CCNCC1.Cl. The first-order valence-electron chi connectivity index (χ1n) is 8.59. The van der Waals surface area contributed by atoms with Gasteiger partial charge in [0.15, 0.2) is 0 Å². The topological polar surface area (TPSA) is 78.7 Å². The lowest BCUT2D eigenvalue weighted by atomic mass is 10.0. The van der Waals surface area contributed by atoms with Crippen LogP contribution in [0.4, 0.5) is 11.4 Å². The molecule has 1 N–H and O–H groups in total. The minimum Gasteiger partial charge on any atom is -0.366 e. The van der Waals surface area contributed by atoms with Gasteiger partial charge in [-0.05, 0) is 50.9 Å². The van der Waals surface area contributed by atoms with Gasteiger partial charge in [0.05, 0.1) is 4.92 Å². The molecule has 8 heteroatoms. The van der Waals surface area contributed by atoms with Gasteiger partial charge in [0.2, 0.25) is 0 Å². The average molecular weight is 369 g/mol. The number of nitrogens with one attached hydrogen (secondary N) is 1. The molecule has 0 atom stereocenters. The summed E-state index contributed by atoms with van der Waals surface area (Å²) in [5, 5.41) is 14.7. The molecule has 0 saturated carbocycles. The van der Waals surface area contributed by atoms with Crippen LogP contribution in [-0.4, -0.2) is 55.0 Å². The molecule has 0 aliphatic carbocycles. The third-order valence-corrected chi connectivity index (χ3v) is 5.04. The van der Waals surface area contributed by atoms with Gasteiger partial charge in [-0.25, -0.2) is 0 Å². The fraction of sp³-hybridized carbons (Fsp3) is 0.588. The number of hydrogen-bond acceptors (Lipinski definition) is 5. The number of amides is 1. The lowest BCUT2D eigenvalue weighted by Gasteiger charge is -2.31. The van der Waals surface area contributed by atoms with Gasteiger partial charge in [0.1, 0.15) is 5.69 Å². The molecule has 2 fully saturated rings. The molecule has 2 saturated heterocycles. The Morgan fingerprint density at radius 2 is 1.92 bits per heavy atom. The highest BCUT2D eigenvalue weighted by atomic mass is 35.5. The summed E-state index contributed by atoms with van der Waals surface area (Å²) in [6.45, 7) is 3.47. The van der Waals surface area contributed by atoms with E-state index in [2.05, 4.69) is 5.32 Å². The van der Waals surface area contributed by atoms with Gasteiger partial charge in [0, 0.05) is 37.8 Å². The highest BCUT2D eigenvalue weighted by Gasteiger charge is 2.27. The van der Waals surface area contributed by atoms with Gasteiger partial charge < -0.3 is 15.1 Å². The van der Waals surface area contributed by atoms with Crippen molar-refractivity contribution in [1.82, 2.24) is 10.2 Å². The first-order chi connectivity index (χ1) is 11.6. The highest BCUT2D eigenvalue weighted by molar-refractivity contribution is 5.96. The molecular weight excluding hydrogens is 344 g/mol. The number of nitro benzene ring substituents is 1. The second-order valence-corrected chi connectivity index (χ2v) is 6.55. The average Bonchev–Trinajstić information content (AvgIpc) is 3.15. The Kier molecular flexibility index (Phi) is 6.61. The van der Waals surface area contributed by atoms with E-state index in [4.69, 9.17) is 0 Å². The van der Waals surface area contributed by atoms with Gasteiger partial charge in [-0.2, -0.15) is 0 Å². The van der Waals surface area contributed by atoms with E-state index in [9.17, 15) is 14.9 Å². The summed E-state index contributed by atoms with van der Waals surface area (Å²) < 4.78 is 0. The van der Waals surface area contributed by atoms with E-state index in [-0.39, 0.29) is 35.0 Å². The van der Waals surface area contributed by atoms with Crippen LogP contribution in [0, 0.1) is 10.1 Å². The van der Waals surface area contributed by atoms with Crippen LogP contribution in [0.5, 0.6) is 0 Å². The molecule has 0 radical (unpaired) electrons. The van der Waals surface area contributed by atoms with Crippen LogP contribution in [0.2, 0.25) is 0 Å². The summed E-state index contributed by atoms with van der Waals surface area (Å²) in [5.74, 6) is -0.141. The van der Waals surface area contributed by atoms with Crippen LogP contribution in [0.3, 0.4) is 0 Å². The molecule has 1 aromatic carbocycles. The van der Waals surface area contributed by atoms with Crippen molar-refractivity contribution >= 4 is 29.7 Å². The van der Waals surface area contributed by atoms with Gasteiger partial charge in [-0.1, -0.05) is 0 Å². The standard InChI is InChI=1S/C17H24N4O3.ClH/c1-19(14-6-8-18-9-7-14)17(22)13-4-5-15(16(12-13)21(23)24)20-10-2-3-11-20;/h4-5,12,14,18H,2-3,6-11H2,1H3;1H. The third-order valence-electron chi connectivity index (χ3n) is 5.04. The predicted molar refractivity (Wildman–Crippen MR) is 99.8 cm³/mol. The summed E-state index contributed by atoms with van der Waals surface area (Å²) in [6, 6.07) is 5.08. The van der Waals surface area contributed by atoms with Crippen molar-refractivity contribution in [2.75, 3.05) is 38.1 Å². The molecule has 1 amide bonds. The number of anilines is 1. The maximum atomic E-state index is 12.7. The molecule has 138 valence electrons. The molecular formula is C17H25ClN4O3. The number of carbonyl (C=O) groups is 1. The zero-order valence-electron chi connectivity index (χ0n) is 14.4. The quantitative estimate of drug-likeness (QED) is 0.652. The van der Waals surface area contributed by atoms with Crippen LogP contribution in [0.15, 0.2) is 18.2 Å². The Morgan fingerprint density at radius 3 is 2.52 bits per heavy atom. The molecule has 0 aromatic heterocycles. The van der Waals surface area contributed by atoms with Gasteiger partial charge in [-0.15, -0.1) is 12.4 Å². The number of hydrogen-bond donors (Lipinski definition) is 1. The molecule has 0 bridgehead atoms. The summed E-state index contributed by atoms with van der Waals surface area (Å²) >= 11 is 0. The maximum absolute atomic E-state index is 12.7. The van der Waals surface area contributed by atoms with Crippen LogP contribution in [0.1, 0.15) is 36.0 Å². The van der Waals surface area contributed by atoms with Crippen molar-refractivity contribution in [3.8, 4) is 0 Å². The zero-order valence-corrected chi connectivity index (χ0v) is 15.3. The lowest BCUT2D eigenvalue weighted by Crippen LogP contribution is -2.44. The maximum Gasteiger partial charge on any atom is 0.293 e. The van der Waals surface area contributed by atoms with Crippen molar-refractivity contribution in [3.05, 3.63) is 33.9 Å². The number of rotatable bonds is 4. The number of piperidine rings is 1. The molecule has 1 aromatic rings.